The third kappa shape index (κ3) is 4.35. The molecule has 3 rings (SSSR count). The van der Waals surface area contributed by atoms with Gasteiger partial charge in [0.15, 0.2) is 0 Å². The van der Waals surface area contributed by atoms with Crippen LogP contribution in [0.5, 0.6) is 0 Å². The number of amides is 1. The Labute approximate surface area is 155 Å². The maximum atomic E-state index is 13.9. The van der Waals surface area contributed by atoms with Crippen LogP contribution in [0.4, 0.5) is 15.9 Å². The molecular weight excluding hydrogens is 387 g/mol. The predicted molar refractivity (Wildman–Crippen MR) is 100 cm³/mol. The number of benzene rings is 1. The first-order chi connectivity index (χ1) is 12.0. The van der Waals surface area contributed by atoms with Crippen LogP contribution in [0.1, 0.15) is 6.92 Å². The second-order valence-electron chi connectivity index (χ2n) is 6.00. The summed E-state index contributed by atoms with van der Waals surface area (Å²) in [4.78, 5) is 21.1. The van der Waals surface area contributed by atoms with E-state index in [0.717, 1.165) is 32.0 Å². The first-order valence-electron chi connectivity index (χ1n) is 8.20. The molecule has 2 heterocycles. The number of halogens is 2. The summed E-state index contributed by atoms with van der Waals surface area (Å²) in [5, 5.41) is 2.67. The molecule has 0 aliphatic carbocycles. The van der Waals surface area contributed by atoms with Crippen LogP contribution in [0.25, 0.3) is 0 Å². The first kappa shape index (κ1) is 17.8. The quantitative estimate of drug-likeness (QED) is 0.846. The lowest BCUT2D eigenvalue weighted by Crippen LogP contribution is -2.53. The Hall–Kier alpha value is -1.99. The highest BCUT2D eigenvalue weighted by Crippen LogP contribution is 2.20. The van der Waals surface area contributed by atoms with E-state index < -0.39 is 5.82 Å². The molecule has 0 bridgehead atoms. The van der Waals surface area contributed by atoms with Crippen LogP contribution in [-0.4, -0.2) is 48.0 Å². The van der Waals surface area contributed by atoms with Crippen molar-refractivity contribution in [2.75, 3.05) is 36.4 Å². The maximum Gasteiger partial charge on any atom is 0.241 e. The van der Waals surface area contributed by atoms with Gasteiger partial charge >= 0.3 is 0 Å². The van der Waals surface area contributed by atoms with Crippen LogP contribution in [0.2, 0.25) is 0 Å². The van der Waals surface area contributed by atoms with Crippen LogP contribution < -0.4 is 10.2 Å². The Morgan fingerprint density at radius 2 is 2.00 bits per heavy atom. The van der Waals surface area contributed by atoms with E-state index >= 15 is 0 Å². The van der Waals surface area contributed by atoms with E-state index in [1.807, 2.05) is 25.1 Å². The summed E-state index contributed by atoms with van der Waals surface area (Å²) in [5.41, 5.74) is 0.201. The molecule has 1 amide bonds. The molecule has 1 aliphatic heterocycles. The van der Waals surface area contributed by atoms with Crippen LogP contribution in [0.15, 0.2) is 47.1 Å². The van der Waals surface area contributed by atoms with Crippen molar-refractivity contribution in [1.29, 1.82) is 0 Å². The minimum Gasteiger partial charge on any atom is -0.354 e. The van der Waals surface area contributed by atoms with Crippen molar-refractivity contribution in [1.82, 2.24) is 9.88 Å². The van der Waals surface area contributed by atoms with Gasteiger partial charge in [-0.15, -0.1) is 0 Å². The lowest BCUT2D eigenvalue weighted by atomic mass is 10.2. The van der Waals surface area contributed by atoms with Gasteiger partial charge in [0, 0.05) is 36.8 Å². The molecule has 25 heavy (non-hydrogen) atoms. The SMILES string of the molecule is C[C@@H](C(=O)Nc1ccc(Br)cc1F)N1CCN(c2ccccn2)CC1. The van der Waals surface area contributed by atoms with Crippen LogP contribution in [-0.2, 0) is 4.79 Å². The highest BCUT2D eigenvalue weighted by atomic mass is 79.9. The van der Waals surface area contributed by atoms with Gasteiger partial charge in [0.2, 0.25) is 5.91 Å². The number of carbonyl (C=O) groups excluding carboxylic acids is 1. The number of aromatic nitrogens is 1. The molecule has 132 valence electrons. The van der Waals surface area contributed by atoms with Crippen molar-refractivity contribution in [2.45, 2.75) is 13.0 Å². The average Bonchev–Trinajstić information content (AvgIpc) is 2.64. The number of pyridine rings is 1. The highest BCUT2D eigenvalue weighted by molar-refractivity contribution is 9.10. The molecule has 0 radical (unpaired) electrons. The summed E-state index contributed by atoms with van der Waals surface area (Å²) < 4.78 is 14.5. The van der Waals surface area contributed by atoms with Crippen molar-refractivity contribution in [3.8, 4) is 0 Å². The fraction of sp³-hybridized carbons (Fsp3) is 0.333. The van der Waals surface area contributed by atoms with E-state index in [9.17, 15) is 9.18 Å². The minimum atomic E-state index is -0.449. The fourth-order valence-electron chi connectivity index (χ4n) is 2.87. The zero-order chi connectivity index (χ0) is 17.8. The van der Waals surface area contributed by atoms with E-state index in [1.54, 1.807) is 18.3 Å². The van der Waals surface area contributed by atoms with Gasteiger partial charge in [-0.2, -0.15) is 0 Å². The highest BCUT2D eigenvalue weighted by Gasteiger charge is 2.26. The van der Waals surface area contributed by atoms with E-state index in [2.05, 4.69) is 36.0 Å². The van der Waals surface area contributed by atoms with E-state index in [4.69, 9.17) is 0 Å². The molecule has 0 unspecified atom stereocenters. The van der Waals surface area contributed by atoms with Gasteiger partial charge in [-0.1, -0.05) is 22.0 Å². The smallest absolute Gasteiger partial charge is 0.241 e. The van der Waals surface area contributed by atoms with Gasteiger partial charge in [0.1, 0.15) is 11.6 Å². The molecule has 1 atom stereocenters. The van der Waals surface area contributed by atoms with Crippen molar-refractivity contribution in [3.05, 3.63) is 52.9 Å². The zero-order valence-electron chi connectivity index (χ0n) is 14.0. The molecule has 1 aromatic carbocycles. The monoisotopic (exact) mass is 406 g/mol. The molecule has 1 N–H and O–H groups in total. The number of hydrogen-bond acceptors (Lipinski definition) is 4. The number of hydrogen-bond donors (Lipinski definition) is 1. The van der Waals surface area contributed by atoms with Gasteiger partial charge in [0.05, 0.1) is 11.7 Å². The second-order valence-corrected chi connectivity index (χ2v) is 6.92. The average molecular weight is 407 g/mol. The Kier molecular flexibility index (Phi) is 5.65. The van der Waals surface area contributed by atoms with Gasteiger partial charge in [-0.05, 0) is 37.3 Å². The third-order valence-electron chi connectivity index (χ3n) is 4.40. The number of nitrogens with one attached hydrogen (secondary N) is 1. The topological polar surface area (TPSA) is 48.5 Å². The molecule has 7 heteroatoms. The van der Waals surface area contributed by atoms with Gasteiger partial charge in [0.25, 0.3) is 0 Å². The van der Waals surface area contributed by atoms with Crippen molar-refractivity contribution in [3.63, 3.8) is 0 Å². The minimum absolute atomic E-state index is 0.201. The van der Waals surface area contributed by atoms with Gasteiger partial charge < -0.3 is 10.2 Å². The fourth-order valence-corrected chi connectivity index (χ4v) is 3.21. The Balaban J connectivity index is 1.56. The summed E-state index contributed by atoms with van der Waals surface area (Å²) >= 11 is 3.21. The third-order valence-corrected chi connectivity index (χ3v) is 4.90. The second kappa shape index (κ2) is 7.93. The normalized spacial score (nSPS) is 16.5. The zero-order valence-corrected chi connectivity index (χ0v) is 15.5. The Morgan fingerprint density at radius 1 is 1.24 bits per heavy atom. The summed E-state index contributed by atoms with van der Waals surface area (Å²) in [6.07, 6.45) is 1.78. The molecule has 2 aromatic rings. The standard InChI is InChI=1S/C18H20BrFN4O/c1-13(18(25)22-16-6-5-14(19)12-15(16)20)23-8-10-24(11-9-23)17-4-2-3-7-21-17/h2-7,12-13H,8-11H2,1H3,(H,22,25)/t13-/m0/s1. The summed E-state index contributed by atoms with van der Waals surface area (Å²) in [6.45, 7) is 4.98. The van der Waals surface area contributed by atoms with Crippen LogP contribution in [0, 0.1) is 5.82 Å². The van der Waals surface area contributed by atoms with Crippen LogP contribution in [0.3, 0.4) is 0 Å². The Bertz CT molecular complexity index is 735. The molecule has 1 aliphatic rings. The molecule has 0 spiro atoms. The van der Waals surface area contributed by atoms with E-state index in [-0.39, 0.29) is 17.6 Å². The molecule has 1 saturated heterocycles. The van der Waals surface area contributed by atoms with Crippen molar-refractivity contribution in [2.24, 2.45) is 0 Å². The lowest BCUT2D eigenvalue weighted by Gasteiger charge is -2.37. The maximum absolute atomic E-state index is 13.9. The van der Waals surface area contributed by atoms with E-state index in [0.29, 0.717) is 4.47 Å². The molecule has 5 nitrogen and oxygen atoms in total. The van der Waals surface area contributed by atoms with Crippen molar-refractivity contribution >= 4 is 33.3 Å². The summed E-state index contributed by atoms with van der Waals surface area (Å²) in [7, 11) is 0. The number of piperazine rings is 1. The van der Waals surface area contributed by atoms with Gasteiger partial charge in [-0.25, -0.2) is 9.37 Å². The van der Waals surface area contributed by atoms with E-state index in [1.165, 1.54) is 6.07 Å². The molecular formula is C18H20BrFN4O. The number of anilines is 2. The summed E-state index contributed by atoms with van der Waals surface area (Å²) in [6, 6.07) is 10.1. The largest absolute Gasteiger partial charge is 0.354 e. The first-order valence-corrected chi connectivity index (χ1v) is 9.00. The van der Waals surface area contributed by atoms with Crippen molar-refractivity contribution < 1.29 is 9.18 Å². The number of rotatable bonds is 4. The number of nitrogens with zero attached hydrogens (tertiary/aromatic N) is 3. The molecule has 1 fully saturated rings. The molecule has 1 aromatic heterocycles. The van der Waals surface area contributed by atoms with Gasteiger partial charge in [-0.3, -0.25) is 9.69 Å². The molecule has 0 saturated carbocycles. The number of carbonyl (C=O) groups is 1. The summed E-state index contributed by atoms with van der Waals surface area (Å²) in [5.74, 6) is 0.304. The Morgan fingerprint density at radius 3 is 2.64 bits per heavy atom. The predicted octanol–water partition coefficient (Wildman–Crippen LogP) is 3.13. The van der Waals surface area contributed by atoms with Crippen LogP contribution >= 0.6 is 15.9 Å². The lowest BCUT2D eigenvalue weighted by molar-refractivity contribution is -0.120.